The van der Waals surface area contributed by atoms with Crippen LogP contribution in [0.5, 0.6) is 0 Å². The van der Waals surface area contributed by atoms with Crippen LogP contribution >= 0.6 is 11.8 Å². The van der Waals surface area contributed by atoms with E-state index in [1.807, 2.05) is 13.8 Å². The number of thioether (sulfide) groups is 1. The molecule has 2 heterocycles. The maximum atomic E-state index is 5.33. The van der Waals surface area contributed by atoms with Crippen molar-refractivity contribution in [2.24, 2.45) is 5.92 Å². The van der Waals surface area contributed by atoms with Gasteiger partial charge in [0.15, 0.2) is 11.0 Å². The number of hydrogen-bond donors (Lipinski definition) is 0. The maximum absolute atomic E-state index is 5.33. The Bertz CT molecular complexity index is 942. The Hall–Kier alpha value is -2.08. The van der Waals surface area contributed by atoms with Crippen molar-refractivity contribution in [3.05, 3.63) is 46.8 Å². The van der Waals surface area contributed by atoms with E-state index in [0.29, 0.717) is 12.0 Å². The molecule has 28 heavy (non-hydrogen) atoms. The molecule has 0 spiro atoms. The molecule has 6 heteroatoms. The van der Waals surface area contributed by atoms with Gasteiger partial charge in [-0.15, -0.1) is 10.2 Å². The highest BCUT2D eigenvalue weighted by atomic mass is 32.2. The molecule has 1 saturated carbocycles. The van der Waals surface area contributed by atoms with Crippen molar-refractivity contribution in [1.29, 1.82) is 0 Å². The molecule has 4 rings (SSSR count). The number of aryl methyl sites for hydroxylation is 3. The van der Waals surface area contributed by atoms with E-state index in [-0.39, 0.29) is 0 Å². The number of rotatable bonds is 5. The highest BCUT2D eigenvalue weighted by Crippen LogP contribution is 2.39. The fraction of sp³-hybridized carbons (Fsp3) is 0.500. The van der Waals surface area contributed by atoms with E-state index >= 15 is 0 Å². The van der Waals surface area contributed by atoms with Crippen molar-refractivity contribution >= 4 is 11.8 Å². The zero-order valence-corrected chi connectivity index (χ0v) is 17.9. The Balaban J connectivity index is 1.71. The van der Waals surface area contributed by atoms with Crippen molar-refractivity contribution in [3.63, 3.8) is 0 Å². The van der Waals surface area contributed by atoms with E-state index in [9.17, 15) is 0 Å². The van der Waals surface area contributed by atoms with Crippen molar-refractivity contribution in [2.45, 2.75) is 70.3 Å². The molecule has 148 valence electrons. The quantitative estimate of drug-likeness (QED) is 0.502. The van der Waals surface area contributed by atoms with E-state index in [1.165, 1.54) is 31.2 Å². The largest absolute Gasteiger partial charge is 0.361 e. The van der Waals surface area contributed by atoms with Crippen LogP contribution in [0.2, 0.25) is 0 Å². The van der Waals surface area contributed by atoms with Gasteiger partial charge in [0.25, 0.3) is 0 Å². The molecule has 0 bridgehead atoms. The molecule has 0 unspecified atom stereocenters. The third kappa shape index (κ3) is 3.75. The molecule has 5 nitrogen and oxygen atoms in total. The van der Waals surface area contributed by atoms with Gasteiger partial charge in [0.2, 0.25) is 0 Å². The van der Waals surface area contributed by atoms with Crippen LogP contribution in [-0.2, 0) is 5.75 Å². The van der Waals surface area contributed by atoms with Crippen LogP contribution in [0.15, 0.2) is 33.9 Å². The van der Waals surface area contributed by atoms with Crippen LogP contribution in [0.1, 0.15) is 61.2 Å². The number of aromatic nitrogens is 4. The zero-order chi connectivity index (χ0) is 19.7. The van der Waals surface area contributed by atoms with Gasteiger partial charge in [0, 0.05) is 22.9 Å². The fourth-order valence-corrected chi connectivity index (χ4v) is 5.33. The van der Waals surface area contributed by atoms with Crippen LogP contribution in [-0.4, -0.2) is 19.9 Å². The number of benzene rings is 1. The van der Waals surface area contributed by atoms with E-state index in [1.54, 1.807) is 11.8 Å². The van der Waals surface area contributed by atoms with Gasteiger partial charge in [-0.2, -0.15) is 0 Å². The second kappa shape index (κ2) is 8.11. The van der Waals surface area contributed by atoms with E-state index in [2.05, 4.69) is 58.0 Å². The van der Waals surface area contributed by atoms with Gasteiger partial charge in [-0.05, 0) is 45.6 Å². The van der Waals surface area contributed by atoms with Gasteiger partial charge >= 0.3 is 0 Å². The Kier molecular flexibility index (Phi) is 5.58. The van der Waals surface area contributed by atoms with Gasteiger partial charge in [0.1, 0.15) is 5.76 Å². The van der Waals surface area contributed by atoms with Crippen LogP contribution in [0, 0.1) is 26.7 Å². The van der Waals surface area contributed by atoms with Crippen LogP contribution in [0.4, 0.5) is 0 Å². The molecule has 1 fully saturated rings. The van der Waals surface area contributed by atoms with Gasteiger partial charge < -0.3 is 4.52 Å². The third-order valence-corrected chi connectivity index (χ3v) is 6.84. The molecule has 0 saturated heterocycles. The summed E-state index contributed by atoms with van der Waals surface area (Å²) in [5.74, 6) is 3.31. The molecule has 0 radical (unpaired) electrons. The zero-order valence-electron chi connectivity index (χ0n) is 17.1. The predicted octanol–water partition coefficient (Wildman–Crippen LogP) is 5.90. The summed E-state index contributed by atoms with van der Waals surface area (Å²) < 4.78 is 7.73. The average molecular weight is 397 g/mol. The van der Waals surface area contributed by atoms with Crippen LogP contribution < -0.4 is 0 Å². The highest BCUT2D eigenvalue weighted by Gasteiger charge is 2.29. The molecule has 3 aromatic rings. The Morgan fingerprint density at radius 2 is 1.96 bits per heavy atom. The summed E-state index contributed by atoms with van der Waals surface area (Å²) in [5.41, 5.74) is 4.51. The van der Waals surface area contributed by atoms with Crippen molar-refractivity contribution < 1.29 is 4.52 Å². The van der Waals surface area contributed by atoms with Crippen molar-refractivity contribution in [1.82, 2.24) is 19.9 Å². The number of hydrogen-bond acceptors (Lipinski definition) is 5. The first kappa shape index (κ1) is 19.2. The van der Waals surface area contributed by atoms with Crippen molar-refractivity contribution in [2.75, 3.05) is 0 Å². The minimum atomic E-state index is 0.450. The van der Waals surface area contributed by atoms with E-state index < -0.39 is 0 Å². The lowest BCUT2D eigenvalue weighted by Crippen LogP contribution is -2.22. The summed E-state index contributed by atoms with van der Waals surface area (Å²) in [4.78, 5) is 0. The second-order valence-electron chi connectivity index (χ2n) is 7.97. The summed E-state index contributed by atoms with van der Waals surface area (Å²) in [6, 6.07) is 9.03. The molecule has 1 aliphatic rings. The monoisotopic (exact) mass is 396 g/mol. The molecule has 0 aliphatic heterocycles. The Morgan fingerprint density at radius 1 is 1.14 bits per heavy atom. The van der Waals surface area contributed by atoms with Crippen LogP contribution in [0.25, 0.3) is 11.4 Å². The maximum Gasteiger partial charge on any atom is 0.192 e. The third-order valence-electron chi connectivity index (χ3n) is 5.87. The van der Waals surface area contributed by atoms with Gasteiger partial charge in [-0.25, -0.2) is 0 Å². The lowest BCUT2D eigenvalue weighted by molar-refractivity contribution is 0.247. The second-order valence-corrected chi connectivity index (χ2v) is 8.91. The summed E-state index contributed by atoms with van der Waals surface area (Å²) >= 11 is 1.74. The Morgan fingerprint density at radius 3 is 2.68 bits per heavy atom. The number of nitrogens with zero attached hydrogens (tertiary/aromatic N) is 4. The summed E-state index contributed by atoms with van der Waals surface area (Å²) in [6.07, 6.45) is 5.05. The fourth-order valence-electron chi connectivity index (χ4n) is 4.18. The normalized spacial score (nSPS) is 19.9. The first-order valence-corrected chi connectivity index (χ1v) is 11.1. The molecular weight excluding hydrogens is 368 g/mol. The molecule has 0 amide bonds. The molecule has 2 aromatic heterocycles. The van der Waals surface area contributed by atoms with Gasteiger partial charge in [0.05, 0.1) is 5.69 Å². The topological polar surface area (TPSA) is 56.7 Å². The summed E-state index contributed by atoms with van der Waals surface area (Å²) in [6.45, 7) is 8.47. The van der Waals surface area contributed by atoms with E-state index in [4.69, 9.17) is 4.52 Å². The molecule has 2 atom stereocenters. The van der Waals surface area contributed by atoms with Gasteiger partial charge in [-0.3, -0.25) is 4.57 Å². The average Bonchev–Trinajstić information content (AvgIpc) is 3.24. The molecule has 1 aromatic carbocycles. The highest BCUT2D eigenvalue weighted by molar-refractivity contribution is 7.98. The minimum absolute atomic E-state index is 0.450. The SMILES string of the molecule is Cc1cccc(-c2nnc(SCc3c(C)noc3C)n2[C@@H]2CCCC[C@@H]2C)c1. The molecule has 1 aliphatic carbocycles. The van der Waals surface area contributed by atoms with Crippen molar-refractivity contribution in [3.8, 4) is 11.4 Å². The van der Waals surface area contributed by atoms with Gasteiger partial charge in [-0.1, -0.05) is 60.4 Å². The minimum Gasteiger partial charge on any atom is -0.361 e. The first-order valence-electron chi connectivity index (χ1n) is 10.1. The molecular formula is C22H28N4OS. The lowest BCUT2D eigenvalue weighted by Gasteiger charge is -2.31. The standard InChI is InChI=1S/C22H28N4OS/c1-14-8-7-10-18(12-14)21-23-24-22(26(21)20-11-6-5-9-15(20)2)28-13-19-16(3)25-27-17(19)4/h7-8,10,12,15,20H,5-6,9,11,13H2,1-4H3/t15-,20+/m0/s1. The Labute approximate surface area is 170 Å². The summed E-state index contributed by atoms with van der Waals surface area (Å²) in [5, 5.41) is 14.3. The first-order chi connectivity index (χ1) is 13.5. The van der Waals surface area contributed by atoms with E-state index in [0.717, 1.165) is 39.3 Å². The smallest absolute Gasteiger partial charge is 0.192 e. The molecule has 0 N–H and O–H groups in total. The van der Waals surface area contributed by atoms with Crippen LogP contribution in [0.3, 0.4) is 0 Å². The summed E-state index contributed by atoms with van der Waals surface area (Å²) in [7, 11) is 0. The predicted molar refractivity (Wildman–Crippen MR) is 112 cm³/mol. The lowest BCUT2D eigenvalue weighted by atomic mass is 9.85.